The molecule has 2 rings (SSSR count). The van der Waals surface area contributed by atoms with Gasteiger partial charge in [0.25, 0.3) is 0 Å². The molecule has 0 aliphatic heterocycles. The molecular formula is C26H35NO7. The lowest BCUT2D eigenvalue weighted by Crippen LogP contribution is -2.42. The summed E-state index contributed by atoms with van der Waals surface area (Å²) in [7, 11) is 0. The van der Waals surface area contributed by atoms with E-state index in [0.717, 1.165) is 13.0 Å². The van der Waals surface area contributed by atoms with E-state index in [1.54, 1.807) is 0 Å². The summed E-state index contributed by atoms with van der Waals surface area (Å²) in [5.41, 5.74) is 0.147. The van der Waals surface area contributed by atoms with Gasteiger partial charge in [0.05, 0.1) is 12.8 Å². The molecule has 1 unspecified atom stereocenters. The van der Waals surface area contributed by atoms with Crippen LogP contribution in [0.1, 0.15) is 44.2 Å². The summed E-state index contributed by atoms with van der Waals surface area (Å²) in [6, 6.07) is 22.2. The summed E-state index contributed by atoms with van der Waals surface area (Å²) in [6.45, 7) is 6.92. The zero-order valence-corrected chi connectivity index (χ0v) is 19.8. The molecule has 0 saturated heterocycles. The first-order chi connectivity index (χ1) is 16.1. The number of rotatable bonds is 13. The lowest BCUT2D eigenvalue weighted by molar-refractivity contribution is -0.170. The van der Waals surface area contributed by atoms with Crippen molar-refractivity contribution in [3.8, 4) is 0 Å². The number of carbonyl (C=O) groups is 3. The number of aliphatic hydroxyl groups is 1. The van der Waals surface area contributed by atoms with Gasteiger partial charge in [-0.3, -0.25) is 9.59 Å². The van der Waals surface area contributed by atoms with Gasteiger partial charge in [-0.15, -0.1) is 0 Å². The molecule has 0 aliphatic carbocycles. The average molecular weight is 474 g/mol. The van der Waals surface area contributed by atoms with Crippen LogP contribution in [0.2, 0.25) is 0 Å². The van der Waals surface area contributed by atoms with Gasteiger partial charge in [-0.2, -0.15) is 0 Å². The SMILES string of the molecule is CCN(CCCc1ccccc1)C(C)Cc1ccccc1.O=C(O)CC(O)(CC(=O)O)C(=O)O. The van der Waals surface area contributed by atoms with Crippen LogP contribution in [0.3, 0.4) is 0 Å². The first kappa shape index (κ1) is 28.8. The molecule has 34 heavy (non-hydrogen) atoms. The fraction of sp³-hybridized carbons (Fsp3) is 0.423. The summed E-state index contributed by atoms with van der Waals surface area (Å²) >= 11 is 0. The first-order valence-corrected chi connectivity index (χ1v) is 11.3. The molecule has 0 aromatic heterocycles. The van der Waals surface area contributed by atoms with Crippen LogP contribution in [0.15, 0.2) is 60.7 Å². The molecule has 0 amide bonds. The maximum absolute atomic E-state index is 10.3. The van der Waals surface area contributed by atoms with Crippen molar-refractivity contribution in [2.24, 2.45) is 0 Å². The lowest BCUT2D eigenvalue weighted by atomic mass is 9.96. The van der Waals surface area contributed by atoms with E-state index in [0.29, 0.717) is 6.04 Å². The van der Waals surface area contributed by atoms with Crippen molar-refractivity contribution in [1.82, 2.24) is 4.90 Å². The Morgan fingerprint density at radius 1 is 0.853 bits per heavy atom. The molecule has 0 bridgehead atoms. The number of hydrogen-bond acceptors (Lipinski definition) is 5. The molecule has 2 aromatic rings. The van der Waals surface area contributed by atoms with Crippen LogP contribution in [0.4, 0.5) is 0 Å². The number of hydrogen-bond donors (Lipinski definition) is 4. The number of likely N-dealkylation sites (N-methyl/N-ethyl adjacent to an activating group) is 1. The van der Waals surface area contributed by atoms with E-state index in [1.165, 1.54) is 30.5 Å². The third-order valence-electron chi connectivity index (χ3n) is 5.44. The summed E-state index contributed by atoms with van der Waals surface area (Å²) in [4.78, 5) is 33.1. The summed E-state index contributed by atoms with van der Waals surface area (Å²) < 4.78 is 0. The van der Waals surface area contributed by atoms with E-state index in [-0.39, 0.29) is 0 Å². The van der Waals surface area contributed by atoms with Gasteiger partial charge < -0.3 is 25.3 Å². The van der Waals surface area contributed by atoms with Gasteiger partial charge in [-0.25, -0.2) is 4.79 Å². The fourth-order valence-corrected chi connectivity index (χ4v) is 3.62. The fourth-order valence-electron chi connectivity index (χ4n) is 3.62. The number of carboxylic acid groups (broad SMARTS) is 3. The normalized spacial score (nSPS) is 11.9. The van der Waals surface area contributed by atoms with Crippen molar-refractivity contribution in [1.29, 1.82) is 0 Å². The van der Waals surface area contributed by atoms with Gasteiger partial charge in [0.1, 0.15) is 0 Å². The third-order valence-corrected chi connectivity index (χ3v) is 5.44. The maximum atomic E-state index is 10.3. The Balaban J connectivity index is 0.000000385. The average Bonchev–Trinajstić information content (AvgIpc) is 2.77. The van der Waals surface area contributed by atoms with Crippen LogP contribution >= 0.6 is 0 Å². The molecule has 4 N–H and O–H groups in total. The quantitative estimate of drug-likeness (QED) is 0.348. The van der Waals surface area contributed by atoms with E-state index >= 15 is 0 Å². The van der Waals surface area contributed by atoms with Crippen LogP contribution in [-0.2, 0) is 27.2 Å². The van der Waals surface area contributed by atoms with E-state index < -0.39 is 36.4 Å². The van der Waals surface area contributed by atoms with Crippen LogP contribution in [-0.4, -0.2) is 68.0 Å². The van der Waals surface area contributed by atoms with E-state index in [4.69, 9.17) is 20.4 Å². The summed E-state index contributed by atoms with van der Waals surface area (Å²) in [5, 5.41) is 33.8. The van der Waals surface area contributed by atoms with Gasteiger partial charge in [-0.1, -0.05) is 67.6 Å². The van der Waals surface area contributed by atoms with Gasteiger partial charge in [0.15, 0.2) is 5.60 Å². The van der Waals surface area contributed by atoms with Crippen molar-refractivity contribution < 1.29 is 34.8 Å². The van der Waals surface area contributed by atoms with E-state index in [1.807, 2.05) is 0 Å². The van der Waals surface area contributed by atoms with Crippen LogP contribution in [0, 0.1) is 0 Å². The van der Waals surface area contributed by atoms with Crippen molar-refractivity contribution in [2.75, 3.05) is 13.1 Å². The minimum atomic E-state index is -2.74. The van der Waals surface area contributed by atoms with Crippen LogP contribution in [0.25, 0.3) is 0 Å². The largest absolute Gasteiger partial charge is 0.481 e. The molecular weight excluding hydrogens is 438 g/mol. The standard InChI is InChI=1S/C20H27N.C6H8O7/c1-3-21(16-10-15-19-11-6-4-7-12-19)18(2)17-20-13-8-5-9-14-20;7-3(8)1-6(13,5(11)12)2-4(9)10/h4-9,11-14,18H,3,10,15-17H2,1-2H3;13H,1-2H2,(H,7,8)(H,9,10)(H,11,12). The molecule has 0 fully saturated rings. The lowest BCUT2D eigenvalue weighted by Gasteiger charge is -2.28. The highest BCUT2D eigenvalue weighted by Crippen LogP contribution is 2.15. The van der Waals surface area contributed by atoms with Crippen LogP contribution < -0.4 is 0 Å². The summed E-state index contributed by atoms with van der Waals surface area (Å²) in [5.74, 6) is -5.02. The molecule has 8 nitrogen and oxygen atoms in total. The van der Waals surface area contributed by atoms with Crippen molar-refractivity contribution in [2.45, 2.75) is 57.6 Å². The van der Waals surface area contributed by atoms with Gasteiger partial charge in [-0.05, 0) is 50.4 Å². The number of aryl methyl sites for hydroxylation is 1. The molecule has 0 spiro atoms. The second-order valence-electron chi connectivity index (χ2n) is 8.23. The molecule has 0 saturated carbocycles. The van der Waals surface area contributed by atoms with Crippen molar-refractivity contribution in [3.63, 3.8) is 0 Å². The number of aliphatic carboxylic acids is 3. The molecule has 0 heterocycles. The molecule has 2 aromatic carbocycles. The minimum absolute atomic E-state index is 0.605. The third kappa shape index (κ3) is 11.1. The minimum Gasteiger partial charge on any atom is -0.481 e. The van der Waals surface area contributed by atoms with E-state index in [9.17, 15) is 14.4 Å². The molecule has 186 valence electrons. The monoisotopic (exact) mass is 473 g/mol. The van der Waals surface area contributed by atoms with Crippen LogP contribution in [0.5, 0.6) is 0 Å². The second-order valence-corrected chi connectivity index (χ2v) is 8.23. The smallest absolute Gasteiger partial charge is 0.336 e. The molecule has 0 aliphatic rings. The number of carboxylic acids is 3. The second kappa shape index (κ2) is 14.8. The van der Waals surface area contributed by atoms with Gasteiger partial charge in [0.2, 0.25) is 0 Å². The Morgan fingerprint density at radius 3 is 1.74 bits per heavy atom. The van der Waals surface area contributed by atoms with E-state index in [2.05, 4.69) is 79.4 Å². The Bertz CT molecular complexity index is 871. The van der Waals surface area contributed by atoms with Crippen molar-refractivity contribution >= 4 is 17.9 Å². The zero-order valence-electron chi connectivity index (χ0n) is 19.8. The highest BCUT2D eigenvalue weighted by Gasteiger charge is 2.40. The summed E-state index contributed by atoms with van der Waals surface area (Å²) in [6.07, 6.45) is 1.26. The Kier molecular flexibility index (Phi) is 12.6. The predicted octanol–water partition coefficient (Wildman–Crippen LogP) is 3.32. The maximum Gasteiger partial charge on any atom is 0.336 e. The highest BCUT2D eigenvalue weighted by atomic mass is 16.4. The van der Waals surface area contributed by atoms with Gasteiger partial charge >= 0.3 is 17.9 Å². The Labute approximate surface area is 200 Å². The van der Waals surface area contributed by atoms with Gasteiger partial charge in [0, 0.05) is 6.04 Å². The molecule has 1 atom stereocenters. The predicted molar refractivity (Wildman–Crippen MR) is 129 cm³/mol. The Morgan fingerprint density at radius 2 is 1.32 bits per heavy atom. The highest BCUT2D eigenvalue weighted by molar-refractivity contribution is 5.88. The Hall–Kier alpha value is -3.23. The zero-order chi connectivity index (χ0) is 25.6. The molecule has 8 heteroatoms. The first-order valence-electron chi connectivity index (χ1n) is 11.3. The van der Waals surface area contributed by atoms with Crippen molar-refractivity contribution in [3.05, 3.63) is 71.8 Å². The topological polar surface area (TPSA) is 135 Å². The number of nitrogens with zero attached hydrogens (tertiary/aromatic N) is 1. The molecule has 0 radical (unpaired) electrons. The number of benzene rings is 2.